The molecule has 0 fully saturated rings. The number of hydrogen-bond acceptors (Lipinski definition) is 5. The van der Waals surface area contributed by atoms with Crippen LogP contribution in [0.5, 0.6) is 0 Å². The molecule has 0 heterocycles. The van der Waals surface area contributed by atoms with Gasteiger partial charge < -0.3 is 19.3 Å². The van der Waals surface area contributed by atoms with Crippen molar-refractivity contribution in [3.05, 3.63) is 0 Å². The topological polar surface area (TPSA) is 102 Å². The van der Waals surface area contributed by atoms with Crippen LogP contribution in [0, 0.1) is 0 Å². The van der Waals surface area contributed by atoms with E-state index in [1.165, 1.54) is 148 Å². The van der Waals surface area contributed by atoms with Crippen LogP contribution in [0.25, 0.3) is 0 Å². The van der Waals surface area contributed by atoms with Gasteiger partial charge in [-0.05, 0) is 12.8 Å². The molecule has 0 saturated heterocycles. The maximum absolute atomic E-state index is 12.3. The zero-order valence-corrected chi connectivity index (χ0v) is 30.0. The number of carbonyl (C=O) groups excluding carboxylic acids is 1. The highest BCUT2D eigenvalue weighted by atomic mass is 31.2. The summed E-state index contributed by atoms with van der Waals surface area (Å²) in [6.45, 7) is 4.78. The lowest BCUT2D eigenvalue weighted by Crippen LogP contribution is -2.28. The van der Waals surface area contributed by atoms with E-state index in [0.717, 1.165) is 32.1 Å². The molecular formula is C36H73O7P. The highest BCUT2D eigenvalue weighted by Gasteiger charge is 2.21. The summed E-state index contributed by atoms with van der Waals surface area (Å²) in [5, 5.41) is 0. The van der Waals surface area contributed by atoms with Gasteiger partial charge in [0.2, 0.25) is 0 Å². The zero-order valence-electron chi connectivity index (χ0n) is 29.1. The standard InChI is InChI=1S/C36H73O7P/c1-3-5-7-9-11-13-15-17-18-19-20-21-23-25-27-29-31-36(37)43-35(34-42-44(38,39)40)33-41-32-30-28-26-24-22-16-14-12-10-8-6-4-2/h35H,3-34H2,1-2H3,(H2,38,39,40)/t35-/m1/s1. The van der Waals surface area contributed by atoms with Crippen LogP contribution in [0.15, 0.2) is 0 Å². The number of rotatable bonds is 36. The van der Waals surface area contributed by atoms with Crippen LogP contribution in [0.4, 0.5) is 0 Å². The number of phosphoric ester groups is 1. The SMILES string of the molecule is CCCCCCCCCCCCCCCCCCC(=O)O[C@H](COCCCCCCCCCCCCCC)COP(=O)(O)O. The fourth-order valence-corrected chi connectivity index (χ4v) is 5.98. The van der Waals surface area contributed by atoms with Gasteiger partial charge >= 0.3 is 13.8 Å². The molecule has 0 rings (SSSR count). The molecule has 0 aliphatic carbocycles. The lowest BCUT2D eigenvalue weighted by atomic mass is 10.0. The van der Waals surface area contributed by atoms with Gasteiger partial charge in [-0.3, -0.25) is 9.32 Å². The zero-order chi connectivity index (χ0) is 32.4. The van der Waals surface area contributed by atoms with Crippen molar-refractivity contribution in [2.75, 3.05) is 19.8 Å². The summed E-state index contributed by atoms with van der Waals surface area (Å²) in [4.78, 5) is 30.5. The molecule has 0 radical (unpaired) electrons. The Labute approximate surface area is 272 Å². The first kappa shape index (κ1) is 43.5. The Morgan fingerprint density at radius 3 is 1.23 bits per heavy atom. The molecule has 0 aromatic carbocycles. The minimum atomic E-state index is -4.64. The molecule has 0 aliphatic heterocycles. The smallest absolute Gasteiger partial charge is 0.457 e. The number of unbranched alkanes of at least 4 members (excludes halogenated alkanes) is 26. The molecule has 264 valence electrons. The lowest BCUT2D eigenvalue weighted by molar-refractivity contribution is -0.154. The summed E-state index contributed by atoms with van der Waals surface area (Å²) in [7, 11) is -4.64. The van der Waals surface area contributed by atoms with Gasteiger partial charge in [-0.1, -0.05) is 181 Å². The Hall–Kier alpha value is -0.460. The van der Waals surface area contributed by atoms with Crippen molar-refractivity contribution in [3.63, 3.8) is 0 Å². The van der Waals surface area contributed by atoms with Crippen molar-refractivity contribution in [2.24, 2.45) is 0 Å². The minimum Gasteiger partial charge on any atom is -0.457 e. The van der Waals surface area contributed by atoms with Crippen molar-refractivity contribution in [1.82, 2.24) is 0 Å². The monoisotopic (exact) mass is 649 g/mol. The molecule has 0 saturated carbocycles. The van der Waals surface area contributed by atoms with E-state index in [0.29, 0.717) is 13.0 Å². The van der Waals surface area contributed by atoms with Gasteiger partial charge in [0.15, 0.2) is 0 Å². The first-order chi connectivity index (χ1) is 21.4. The predicted molar refractivity (Wildman–Crippen MR) is 184 cm³/mol. The van der Waals surface area contributed by atoms with E-state index in [4.69, 9.17) is 19.3 Å². The van der Waals surface area contributed by atoms with E-state index in [2.05, 4.69) is 18.4 Å². The molecule has 1 atom stereocenters. The van der Waals surface area contributed by atoms with Crippen LogP contribution in [-0.4, -0.2) is 41.7 Å². The Kier molecular flexibility index (Phi) is 33.5. The largest absolute Gasteiger partial charge is 0.469 e. The van der Waals surface area contributed by atoms with Gasteiger partial charge in [-0.15, -0.1) is 0 Å². The van der Waals surface area contributed by atoms with Crippen LogP contribution < -0.4 is 0 Å². The van der Waals surface area contributed by atoms with E-state index in [9.17, 15) is 9.36 Å². The number of carbonyl (C=O) groups is 1. The number of ether oxygens (including phenoxy) is 2. The molecule has 0 amide bonds. The molecule has 7 nitrogen and oxygen atoms in total. The maximum atomic E-state index is 12.3. The summed E-state index contributed by atoms with van der Waals surface area (Å²) in [6.07, 6.45) is 35.2. The fraction of sp³-hybridized carbons (Fsp3) is 0.972. The van der Waals surface area contributed by atoms with E-state index in [1.807, 2.05) is 0 Å². The minimum absolute atomic E-state index is 0.0860. The Bertz CT molecular complexity index is 640. The number of esters is 1. The average Bonchev–Trinajstić information content (AvgIpc) is 2.99. The second-order valence-corrected chi connectivity index (χ2v) is 14.2. The summed E-state index contributed by atoms with van der Waals surface area (Å²) in [5.41, 5.74) is 0. The summed E-state index contributed by atoms with van der Waals surface area (Å²) in [5.74, 6) is -0.358. The van der Waals surface area contributed by atoms with E-state index in [1.54, 1.807) is 0 Å². The van der Waals surface area contributed by atoms with Gasteiger partial charge in [-0.2, -0.15) is 0 Å². The first-order valence-corrected chi connectivity index (χ1v) is 20.4. The van der Waals surface area contributed by atoms with Crippen LogP contribution >= 0.6 is 7.82 Å². The highest BCUT2D eigenvalue weighted by molar-refractivity contribution is 7.46. The van der Waals surface area contributed by atoms with Crippen LogP contribution in [-0.2, 0) is 23.4 Å². The summed E-state index contributed by atoms with van der Waals surface area (Å²) < 4.78 is 26.9. The first-order valence-electron chi connectivity index (χ1n) is 18.9. The molecule has 0 aromatic rings. The molecule has 0 spiro atoms. The molecule has 0 bridgehead atoms. The molecule has 0 aromatic heterocycles. The number of hydrogen-bond donors (Lipinski definition) is 2. The highest BCUT2D eigenvalue weighted by Crippen LogP contribution is 2.36. The van der Waals surface area contributed by atoms with Crippen molar-refractivity contribution >= 4 is 13.8 Å². The van der Waals surface area contributed by atoms with Crippen molar-refractivity contribution in [1.29, 1.82) is 0 Å². The Balaban J connectivity index is 3.78. The molecule has 44 heavy (non-hydrogen) atoms. The van der Waals surface area contributed by atoms with Crippen molar-refractivity contribution in [2.45, 2.75) is 206 Å². The summed E-state index contributed by atoms with van der Waals surface area (Å²) >= 11 is 0. The Morgan fingerprint density at radius 1 is 0.523 bits per heavy atom. The maximum Gasteiger partial charge on any atom is 0.469 e. The van der Waals surface area contributed by atoms with Crippen LogP contribution in [0.2, 0.25) is 0 Å². The van der Waals surface area contributed by atoms with Gasteiger partial charge in [-0.25, -0.2) is 4.57 Å². The molecular weight excluding hydrogens is 575 g/mol. The molecule has 0 aliphatic rings. The second kappa shape index (κ2) is 33.9. The molecule has 0 unspecified atom stereocenters. The lowest BCUT2D eigenvalue weighted by Gasteiger charge is -2.18. The van der Waals surface area contributed by atoms with E-state index < -0.39 is 13.9 Å². The molecule has 8 heteroatoms. The third kappa shape index (κ3) is 36.0. The number of phosphoric acid groups is 1. The third-order valence-electron chi connectivity index (χ3n) is 8.41. The van der Waals surface area contributed by atoms with Crippen LogP contribution in [0.3, 0.4) is 0 Å². The fourth-order valence-electron chi connectivity index (χ4n) is 5.62. The third-order valence-corrected chi connectivity index (χ3v) is 8.89. The average molecular weight is 649 g/mol. The van der Waals surface area contributed by atoms with E-state index in [-0.39, 0.29) is 19.2 Å². The quantitative estimate of drug-likeness (QED) is 0.0396. The normalized spacial score (nSPS) is 12.5. The van der Waals surface area contributed by atoms with Crippen molar-refractivity contribution in [3.8, 4) is 0 Å². The van der Waals surface area contributed by atoms with Crippen molar-refractivity contribution < 1.29 is 33.1 Å². The van der Waals surface area contributed by atoms with Gasteiger partial charge in [0.25, 0.3) is 0 Å². The predicted octanol–water partition coefficient (Wildman–Crippen LogP) is 11.4. The van der Waals surface area contributed by atoms with Gasteiger partial charge in [0.05, 0.1) is 13.2 Å². The second-order valence-electron chi connectivity index (χ2n) is 12.9. The molecule has 2 N–H and O–H groups in total. The summed E-state index contributed by atoms with van der Waals surface area (Å²) in [6, 6.07) is 0. The van der Waals surface area contributed by atoms with Gasteiger partial charge in [0.1, 0.15) is 6.10 Å². The van der Waals surface area contributed by atoms with Crippen LogP contribution in [0.1, 0.15) is 200 Å². The Morgan fingerprint density at radius 2 is 0.864 bits per heavy atom. The van der Waals surface area contributed by atoms with E-state index >= 15 is 0 Å². The van der Waals surface area contributed by atoms with Gasteiger partial charge in [0, 0.05) is 13.0 Å².